The number of rotatable bonds is 4. The van der Waals surface area contributed by atoms with Crippen molar-refractivity contribution in [2.24, 2.45) is 5.73 Å². The first-order valence-corrected chi connectivity index (χ1v) is 9.04. The Morgan fingerprint density at radius 3 is 2.50 bits per heavy atom. The molecule has 1 amide bonds. The van der Waals surface area contributed by atoms with Crippen LogP contribution >= 0.6 is 0 Å². The predicted octanol–water partition coefficient (Wildman–Crippen LogP) is 2.38. The molecule has 1 atom stereocenters. The molecule has 0 saturated heterocycles. The molecule has 2 aromatic carbocycles. The van der Waals surface area contributed by atoms with E-state index in [2.05, 4.69) is 0 Å². The molecule has 2 N–H and O–H groups in total. The average molecular weight is 342 g/mol. The normalized spacial score (nSPS) is 17.2. The highest BCUT2D eigenvalue weighted by Crippen LogP contribution is 2.38. The number of fused-ring (bicyclic) bond motifs is 1. The van der Waals surface area contributed by atoms with Gasteiger partial charge in [0.05, 0.1) is 23.6 Å². The molecule has 0 radical (unpaired) electrons. The van der Waals surface area contributed by atoms with Crippen LogP contribution in [0.15, 0.2) is 53.9 Å². The summed E-state index contributed by atoms with van der Waals surface area (Å²) < 4.78 is 26.6. The van der Waals surface area contributed by atoms with Crippen LogP contribution in [0.1, 0.15) is 22.6 Å². The number of hydrogen-bond donors (Lipinski definition) is 1. The summed E-state index contributed by atoms with van der Waals surface area (Å²) in [6.45, 7) is 2.00. The van der Waals surface area contributed by atoms with Crippen molar-refractivity contribution in [3.63, 3.8) is 0 Å². The second kappa shape index (κ2) is 6.13. The van der Waals surface area contributed by atoms with Crippen molar-refractivity contribution in [3.8, 4) is 0 Å². The number of benzene rings is 2. The number of sulfonamides is 1. The highest BCUT2D eigenvalue weighted by Gasteiger charge is 2.37. The zero-order valence-corrected chi connectivity index (χ0v) is 14.0. The number of carbonyl (C=O) groups excluding carboxylic acids is 1. The molecule has 0 aliphatic carbocycles. The molecule has 1 heterocycles. The van der Waals surface area contributed by atoms with E-state index in [9.17, 15) is 13.2 Å². The topological polar surface area (TPSA) is 80.5 Å². The van der Waals surface area contributed by atoms with Crippen LogP contribution in [0.5, 0.6) is 0 Å². The number of amides is 1. The molecular formula is C18H18N2O3S. The zero-order valence-electron chi connectivity index (χ0n) is 13.2. The molecule has 0 aromatic heterocycles. The van der Waals surface area contributed by atoms with Crippen molar-refractivity contribution >= 4 is 27.7 Å². The monoisotopic (exact) mass is 342 g/mol. The maximum atomic E-state index is 12.7. The first-order valence-electron chi connectivity index (χ1n) is 7.54. The first-order chi connectivity index (χ1) is 11.4. The summed E-state index contributed by atoms with van der Waals surface area (Å²) in [5.41, 5.74) is 8.48. The number of primary amides is 1. The van der Waals surface area contributed by atoms with Gasteiger partial charge in [-0.15, -0.1) is 0 Å². The molecule has 5 nitrogen and oxygen atoms in total. The van der Waals surface area contributed by atoms with Gasteiger partial charge in [0.2, 0.25) is 5.91 Å². The van der Waals surface area contributed by atoms with E-state index < -0.39 is 21.8 Å². The summed E-state index contributed by atoms with van der Waals surface area (Å²) in [6.07, 6.45) is 1.55. The van der Waals surface area contributed by atoms with Crippen LogP contribution in [-0.2, 0) is 14.8 Å². The number of nitrogens with zero attached hydrogens (tertiary/aromatic N) is 1. The van der Waals surface area contributed by atoms with Crippen LogP contribution in [-0.4, -0.2) is 20.9 Å². The summed E-state index contributed by atoms with van der Waals surface area (Å²) in [4.78, 5) is 11.6. The van der Waals surface area contributed by atoms with Gasteiger partial charge in [-0.25, -0.2) is 8.42 Å². The molecule has 24 heavy (non-hydrogen) atoms. The van der Waals surface area contributed by atoms with Crippen LogP contribution in [0.25, 0.3) is 6.08 Å². The van der Waals surface area contributed by atoms with E-state index >= 15 is 0 Å². The minimum Gasteiger partial charge on any atom is -0.369 e. The van der Waals surface area contributed by atoms with Gasteiger partial charge in [-0.2, -0.15) is 0 Å². The fourth-order valence-electron chi connectivity index (χ4n) is 2.77. The van der Waals surface area contributed by atoms with Crippen LogP contribution < -0.4 is 10.0 Å². The maximum absolute atomic E-state index is 12.7. The summed E-state index contributed by atoms with van der Waals surface area (Å²) >= 11 is 0. The molecule has 2 aromatic rings. The molecule has 124 valence electrons. The highest BCUT2D eigenvalue weighted by molar-refractivity contribution is 7.95. The van der Waals surface area contributed by atoms with E-state index in [1.807, 2.05) is 31.2 Å². The zero-order chi connectivity index (χ0) is 17.3. The highest BCUT2D eigenvalue weighted by atomic mass is 32.2. The molecule has 3 rings (SSSR count). The Balaban J connectivity index is 1.93. The number of para-hydroxylation sites is 1. The van der Waals surface area contributed by atoms with Crippen molar-refractivity contribution in [3.05, 3.63) is 70.6 Å². The minimum atomic E-state index is -3.70. The van der Waals surface area contributed by atoms with Crippen LogP contribution in [0, 0.1) is 6.92 Å². The van der Waals surface area contributed by atoms with Crippen molar-refractivity contribution in [1.29, 1.82) is 0 Å². The van der Waals surface area contributed by atoms with Crippen molar-refractivity contribution in [2.75, 3.05) is 10.8 Å². The lowest BCUT2D eigenvalue weighted by Gasteiger charge is -2.17. The summed E-state index contributed by atoms with van der Waals surface area (Å²) in [5.74, 6) is -1.15. The van der Waals surface area contributed by atoms with E-state index in [4.69, 9.17) is 5.73 Å². The van der Waals surface area contributed by atoms with Crippen molar-refractivity contribution in [1.82, 2.24) is 0 Å². The number of carbonyl (C=O) groups is 1. The number of hydrogen-bond acceptors (Lipinski definition) is 3. The number of anilines is 1. The van der Waals surface area contributed by atoms with Gasteiger partial charge in [-0.3, -0.25) is 9.10 Å². The lowest BCUT2D eigenvalue weighted by atomic mass is 10.0. The largest absolute Gasteiger partial charge is 0.369 e. The van der Waals surface area contributed by atoms with Crippen LogP contribution in [0.4, 0.5) is 5.69 Å². The minimum absolute atomic E-state index is 0.0370. The lowest BCUT2D eigenvalue weighted by Crippen LogP contribution is -2.31. The van der Waals surface area contributed by atoms with Crippen molar-refractivity contribution in [2.45, 2.75) is 12.8 Å². The van der Waals surface area contributed by atoms with Crippen molar-refractivity contribution < 1.29 is 13.2 Å². The van der Waals surface area contributed by atoms with Crippen LogP contribution in [0.3, 0.4) is 0 Å². The maximum Gasteiger partial charge on any atom is 0.257 e. The Morgan fingerprint density at radius 1 is 1.17 bits per heavy atom. The van der Waals surface area contributed by atoms with E-state index in [1.54, 1.807) is 30.3 Å². The summed E-state index contributed by atoms with van der Waals surface area (Å²) in [6, 6.07) is 14.5. The molecule has 6 heteroatoms. The predicted molar refractivity (Wildman–Crippen MR) is 94.9 cm³/mol. The quantitative estimate of drug-likeness (QED) is 0.926. The van der Waals surface area contributed by atoms with Gasteiger partial charge in [0, 0.05) is 0 Å². The van der Waals surface area contributed by atoms with Crippen LogP contribution in [0.2, 0.25) is 0 Å². The molecule has 0 bridgehead atoms. The number of nitrogens with two attached hydrogens (primary N) is 1. The third-order valence-electron chi connectivity index (χ3n) is 4.09. The molecule has 1 aliphatic rings. The number of aryl methyl sites for hydroxylation is 1. The molecular weight excluding hydrogens is 324 g/mol. The SMILES string of the molecule is Cc1ccc(C=CS(=O)(=O)N2CC(C(N)=O)c3ccccc32)cc1. The first kappa shape index (κ1) is 16.3. The standard InChI is InChI=1S/C18H18N2O3S/c1-13-6-8-14(9-7-13)10-11-24(22,23)20-12-16(18(19)21)15-4-2-3-5-17(15)20/h2-11,16H,12H2,1H3,(H2,19,21). The fraction of sp³-hybridized carbons (Fsp3) is 0.167. The Bertz CT molecular complexity index is 902. The molecule has 1 aliphatic heterocycles. The van der Waals surface area contributed by atoms with Gasteiger partial charge in [-0.1, -0.05) is 48.0 Å². The Kier molecular flexibility index (Phi) is 4.15. The third kappa shape index (κ3) is 3.05. The van der Waals surface area contributed by atoms with E-state index in [1.165, 1.54) is 4.31 Å². The third-order valence-corrected chi connectivity index (χ3v) is 5.53. The smallest absolute Gasteiger partial charge is 0.257 e. The summed E-state index contributed by atoms with van der Waals surface area (Å²) in [5, 5.41) is 1.16. The average Bonchev–Trinajstić information content (AvgIpc) is 2.95. The Labute approximate surface area is 141 Å². The second-order valence-electron chi connectivity index (χ2n) is 5.80. The van der Waals surface area contributed by atoms with Gasteiger partial charge in [-0.05, 0) is 30.2 Å². The molecule has 0 fully saturated rings. The van der Waals surface area contributed by atoms with Gasteiger partial charge >= 0.3 is 0 Å². The van der Waals surface area contributed by atoms with Gasteiger partial charge in [0.1, 0.15) is 0 Å². The Morgan fingerprint density at radius 2 is 1.83 bits per heavy atom. The van der Waals surface area contributed by atoms with Gasteiger partial charge in [0.25, 0.3) is 10.0 Å². The second-order valence-corrected chi connectivity index (χ2v) is 7.55. The fourth-order valence-corrected chi connectivity index (χ4v) is 4.04. The van der Waals surface area contributed by atoms with E-state index in [0.29, 0.717) is 11.3 Å². The van der Waals surface area contributed by atoms with Gasteiger partial charge < -0.3 is 5.73 Å². The van der Waals surface area contributed by atoms with E-state index in [0.717, 1.165) is 16.5 Å². The Hall–Kier alpha value is -2.60. The summed E-state index contributed by atoms with van der Waals surface area (Å²) in [7, 11) is -3.70. The molecule has 1 unspecified atom stereocenters. The lowest BCUT2D eigenvalue weighted by molar-refractivity contribution is -0.119. The molecule has 0 spiro atoms. The van der Waals surface area contributed by atoms with Gasteiger partial charge in [0.15, 0.2) is 0 Å². The van der Waals surface area contributed by atoms with E-state index in [-0.39, 0.29) is 6.54 Å². The molecule has 0 saturated carbocycles.